The van der Waals surface area contributed by atoms with Crippen LogP contribution in [-0.4, -0.2) is 59.0 Å². The molecular weight excluding hydrogens is 232 g/mol. The zero-order chi connectivity index (χ0) is 13.9. The zero-order valence-electron chi connectivity index (χ0n) is 11.8. The highest BCUT2D eigenvalue weighted by molar-refractivity contribution is 5.86. The molecule has 1 rings (SSSR count). The Labute approximate surface area is 109 Å². The van der Waals surface area contributed by atoms with Crippen molar-refractivity contribution in [2.75, 3.05) is 26.2 Å². The van der Waals surface area contributed by atoms with E-state index in [0.29, 0.717) is 13.1 Å². The minimum Gasteiger partial charge on any atom is -0.481 e. The molecule has 1 aliphatic heterocycles. The summed E-state index contributed by atoms with van der Waals surface area (Å²) < 4.78 is 0. The number of aliphatic carboxylic acids is 1. The first-order valence-electron chi connectivity index (χ1n) is 6.49. The monoisotopic (exact) mass is 256 g/mol. The molecule has 0 spiro atoms. The van der Waals surface area contributed by atoms with E-state index in [2.05, 4.69) is 20.8 Å². The number of carbonyl (C=O) groups excluding carboxylic acids is 1. The number of carboxylic acid groups (broad SMARTS) is 1. The summed E-state index contributed by atoms with van der Waals surface area (Å²) in [7, 11) is 0. The first-order valence-corrected chi connectivity index (χ1v) is 6.49. The predicted octanol–water partition coefficient (Wildman–Crippen LogP) is 1.04. The van der Waals surface area contributed by atoms with Crippen LogP contribution in [0.15, 0.2) is 0 Å². The number of hydrogen-bond acceptors (Lipinski definition) is 3. The summed E-state index contributed by atoms with van der Waals surface area (Å²) >= 11 is 0. The summed E-state index contributed by atoms with van der Waals surface area (Å²) in [5.74, 6) is -0.958. The summed E-state index contributed by atoms with van der Waals surface area (Å²) in [5, 5.41) is 8.96. The van der Waals surface area contributed by atoms with Crippen molar-refractivity contribution in [1.29, 1.82) is 0 Å². The molecule has 0 bridgehead atoms. The van der Waals surface area contributed by atoms with Gasteiger partial charge in [-0.15, -0.1) is 0 Å². The van der Waals surface area contributed by atoms with Gasteiger partial charge < -0.3 is 10.0 Å². The van der Waals surface area contributed by atoms with Gasteiger partial charge in [-0.1, -0.05) is 20.8 Å². The van der Waals surface area contributed by atoms with Gasteiger partial charge in [0.15, 0.2) is 0 Å². The molecule has 0 radical (unpaired) electrons. The van der Waals surface area contributed by atoms with E-state index in [1.54, 1.807) is 4.90 Å². The van der Waals surface area contributed by atoms with Gasteiger partial charge in [0.2, 0.25) is 5.91 Å². The van der Waals surface area contributed by atoms with E-state index in [4.69, 9.17) is 5.11 Å². The predicted molar refractivity (Wildman–Crippen MR) is 69.3 cm³/mol. The van der Waals surface area contributed by atoms with Crippen LogP contribution in [0.4, 0.5) is 0 Å². The second-order valence-corrected chi connectivity index (χ2v) is 6.06. The van der Waals surface area contributed by atoms with Crippen LogP contribution >= 0.6 is 0 Å². The molecule has 18 heavy (non-hydrogen) atoms. The Bertz CT molecular complexity index is 323. The Hall–Kier alpha value is -1.10. The van der Waals surface area contributed by atoms with Crippen molar-refractivity contribution in [2.45, 2.75) is 40.2 Å². The van der Waals surface area contributed by atoms with Gasteiger partial charge in [-0.25, -0.2) is 0 Å². The third kappa shape index (κ3) is 3.98. The summed E-state index contributed by atoms with van der Waals surface area (Å²) in [4.78, 5) is 26.9. The summed E-state index contributed by atoms with van der Waals surface area (Å²) in [5.41, 5.74) is 0.0609. The molecule has 0 saturated carbocycles. The average Bonchev–Trinajstić information content (AvgIpc) is 2.21. The standard InChI is InChI=1S/C13H24N2O3/c1-5-14-6-7-15(9-13(2,3)4)10(12(14)18)8-11(16)17/h10H,5-9H2,1-4H3,(H,16,17). The van der Waals surface area contributed by atoms with Crippen LogP contribution in [0.1, 0.15) is 34.1 Å². The van der Waals surface area contributed by atoms with Crippen LogP contribution in [-0.2, 0) is 9.59 Å². The molecule has 0 aromatic rings. The smallest absolute Gasteiger partial charge is 0.305 e. The van der Waals surface area contributed by atoms with E-state index in [0.717, 1.165) is 13.1 Å². The largest absolute Gasteiger partial charge is 0.481 e. The van der Waals surface area contributed by atoms with Gasteiger partial charge in [-0.3, -0.25) is 14.5 Å². The Balaban J connectivity index is 2.82. The van der Waals surface area contributed by atoms with Crippen LogP contribution < -0.4 is 0 Å². The third-order valence-electron chi connectivity index (χ3n) is 3.12. The van der Waals surface area contributed by atoms with Crippen molar-refractivity contribution >= 4 is 11.9 Å². The van der Waals surface area contributed by atoms with Gasteiger partial charge in [0.1, 0.15) is 0 Å². The second kappa shape index (κ2) is 5.69. The maximum Gasteiger partial charge on any atom is 0.305 e. The van der Waals surface area contributed by atoms with Gasteiger partial charge in [0, 0.05) is 26.2 Å². The number of carbonyl (C=O) groups is 2. The lowest BCUT2D eigenvalue weighted by Gasteiger charge is -2.42. The second-order valence-electron chi connectivity index (χ2n) is 6.06. The number of carboxylic acids is 1. The molecule has 1 atom stereocenters. The molecule has 5 nitrogen and oxygen atoms in total. The highest BCUT2D eigenvalue weighted by Gasteiger charge is 2.36. The van der Waals surface area contributed by atoms with Crippen LogP contribution in [0.25, 0.3) is 0 Å². The van der Waals surface area contributed by atoms with E-state index in [-0.39, 0.29) is 17.7 Å². The number of likely N-dealkylation sites (N-methyl/N-ethyl adjacent to an activating group) is 1. The zero-order valence-corrected chi connectivity index (χ0v) is 11.8. The quantitative estimate of drug-likeness (QED) is 0.816. The summed E-state index contributed by atoms with van der Waals surface area (Å²) in [6, 6.07) is -0.504. The molecule has 0 aromatic carbocycles. The highest BCUT2D eigenvalue weighted by atomic mass is 16.4. The lowest BCUT2D eigenvalue weighted by molar-refractivity contribution is -0.149. The molecule has 1 N–H and O–H groups in total. The fraction of sp³-hybridized carbons (Fsp3) is 0.846. The van der Waals surface area contributed by atoms with Crippen molar-refractivity contribution in [1.82, 2.24) is 9.80 Å². The molecule has 1 unspecified atom stereocenters. The van der Waals surface area contributed by atoms with E-state index >= 15 is 0 Å². The number of amides is 1. The maximum absolute atomic E-state index is 12.2. The van der Waals surface area contributed by atoms with Gasteiger partial charge in [0.05, 0.1) is 12.5 Å². The fourth-order valence-corrected chi connectivity index (χ4v) is 2.38. The molecule has 1 aliphatic rings. The molecule has 0 aliphatic carbocycles. The third-order valence-corrected chi connectivity index (χ3v) is 3.12. The molecule has 0 aromatic heterocycles. The van der Waals surface area contributed by atoms with E-state index in [1.807, 2.05) is 11.8 Å². The van der Waals surface area contributed by atoms with Crippen molar-refractivity contribution < 1.29 is 14.7 Å². The summed E-state index contributed by atoms with van der Waals surface area (Å²) in [6.45, 7) is 11.1. The summed E-state index contributed by atoms with van der Waals surface area (Å²) in [6.07, 6.45) is -0.106. The normalized spacial score (nSPS) is 22.3. The van der Waals surface area contributed by atoms with E-state index in [1.165, 1.54) is 0 Å². The molecule has 5 heteroatoms. The van der Waals surface area contributed by atoms with Crippen molar-refractivity contribution in [3.8, 4) is 0 Å². The Morgan fingerprint density at radius 1 is 1.39 bits per heavy atom. The van der Waals surface area contributed by atoms with Crippen LogP contribution in [0, 0.1) is 5.41 Å². The first-order chi connectivity index (χ1) is 8.24. The van der Waals surface area contributed by atoms with Crippen molar-refractivity contribution in [3.63, 3.8) is 0 Å². The minimum absolute atomic E-state index is 0.0459. The molecule has 104 valence electrons. The Morgan fingerprint density at radius 2 is 2.00 bits per heavy atom. The van der Waals surface area contributed by atoms with Crippen LogP contribution in [0.5, 0.6) is 0 Å². The van der Waals surface area contributed by atoms with Crippen molar-refractivity contribution in [2.24, 2.45) is 5.41 Å². The Morgan fingerprint density at radius 3 is 2.44 bits per heavy atom. The molecule has 1 saturated heterocycles. The topological polar surface area (TPSA) is 60.9 Å². The lowest BCUT2D eigenvalue weighted by Crippen LogP contribution is -2.58. The van der Waals surface area contributed by atoms with Gasteiger partial charge in [-0.2, -0.15) is 0 Å². The minimum atomic E-state index is -0.912. The van der Waals surface area contributed by atoms with Crippen molar-refractivity contribution in [3.05, 3.63) is 0 Å². The van der Waals surface area contributed by atoms with Gasteiger partial charge in [0.25, 0.3) is 0 Å². The van der Waals surface area contributed by atoms with Crippen LogP contribution in [0.3, 0.4) is 0 Å². The molecule has 1 amide bonds. The maximum atomic E-state index is 12.2. The first kappa shape index (κ1) is 15.0. The van der Waals surface area contributed by atoms with E-state index in [9.17, 15) is 9.59 Å². The molecule has 1 heterocycles. The number of nitrogens with zero attached hydrogens (tertiary/aromatic N) is 2. The molecular formula is C13H24N2O3. The number of hydrogen-bond donors (Lipinski definition) is 1. The average molecular weight is 256 g/mol. The number of rotatable bonds is 4. The lowest BCUT2D eigenvalue weighted by atomic mass is 9.94. The van der Waals surface area contributed by atoms with Gasteiger partial charge >= 0.3 is 5.97 Å². The highest BCUT2D eigenvalue weighted by Crippen LogP contribution is 2.21. The van der Waals surface area contributed by atoms with Crippen LogP contribution in [0.2, 0.25) is 0 Å². The fourth-order valence-electron chi connectivity index (χ4n) is 2.38. The van der Waals surface area contributed by atoms with Gasteiger partial charge in [-0.05, 0) is 12.3 Å². The SMILES string of the molecule is CCN1CCN(CC(C)(C)C)C(CC(=O)O)C1=O. The molecule has 1 fully saturated rings. The Kier molecular flexibility index (Phi) is 4.73. The number of piperazine rings is 1. The van der Waals surface area contributed by atoms with E-state index < -0.39 is 12.0 Å².